The number of carbonyl (C=O) groups excluding carboxylic acids is 1. The second-order valence-electron chi connectivity index (χ2n) is 4.96. The van der Waals surface area contributed by atoms with E-state index in [2.05, 4.69) is 4.98 Å². The van der Waals surface area contributed by atoms with Crippen molar-refractivity contribution in [1.29, 1.82) is 0 Å². The van der Waals surface area contributed by atoms with Crippen molar-refractivity contribution in [1.82, 2.24) is 9.88 Å². The molecule has 1 saturated heterocycles. The maximum absolute atomic E-state index is 12.2. The van der Waals surface area contributed by atoms with Gasteiger partial charge in [-0.1, -0.05) is 30.0 Å². The monoisotopic (exact) mass is 360 g/mol. The van der Waals surface area contributed by atoms with Crippen molar-refractivity contribution in [3.8, 4) is 5.75 Å². The number of rotatable bonds is 4. The van der Waals surface area contributed by atoms with Crippen LogP contribution in [0.15, 0.2) is 35.2 Å². The number of aliphatic carboxylic acids is 1. The van der Waals surface area contributed by atoms with Crippen molar-refractivity contribution in [2.24, 2.45) is 0 Å². The predicted octanol–water partition coefficient (Wildman–Crippen LogP) is 2.53. The third-order valence-electron chi connectivity index (χ3n) is 3.36. The molecular weight excluding hydrogens is 348 g/mol. The first-order valence-corrected chi connectivity index (χ1v) is 8.12. The summed E-state index contributed by atoms with van der Waals surface area (Å²) < 4.78 is 5.41. The molecule has 0 radical (unpaired) electrons. The molecule has 122 valence electrons. The van der Waals surface area contributed by atoms with Gasteiger partial charge in [-0.3, -0.25) is 14.5 Å². The summed E-state index contributed by atoms with van der Waals surface area (Å²) in [5.41, 5.74) is 1.37. The number of fused-ring (bicyclic) bond motifs is 1. The van der Waals surface area contributed by atoms with E-state index in [-0.39, 0.29) is 4.32 Å². The minimum absolute atomic E-state index is 0.235. The van der Waals surface area contributed by atoms with Gasteiger partial charge in [0.15, 0.2) is 0 Å². The lowest BCUT2D eigenvalue weighted by Gasteiger charge is -2.10. The van der Waals surface area contributed by atoms with E-state index in [1.165, 1.54) is 0 Å². The molecule has 1 aromatic heterocycles. The van der Waals surface area contributed by atoms with E-state index in [4.69, 9.17) is 22.1 Å². The summed E-state index contributed by atoms with van der Waals surface area (Å²) in [7, 11) is 1.60. The summed E-state index contributed by atoms with van der Waals surface area (Å²) in [6.45, 7) is -0.438. The van der Waals surface area contributed by atoms with Crippen molar-refractivity contribution in [3.63, 3.8) is 0 Å². The molecule has 0 spiro atoms. The Kier molecular flexibility index (Phi) is 4.50. The van der Waals surface area contributed by atoms with Gasteiger partial charge in [-0.15, -0.1) is 0 Å². The summed E-state index contributed by atoms with van der Waals surface area (Å²) in [5, 5.41) is 9.76. The zero-order valence-electron chi connectivity index (χ0n) is 12.6. The lowest BCUT2D eigenvalue weighted by Crippen LogP contribution is -2.33. The SMILES string of the molecule is COc1ccc2nc(/C=C3\SC(=S)N(CC(=O)O)C3=O)ccc2c1. The van der Waals surface area contributed by atoms with Crippen LogP contribution in [0.5, 0.6) is 5.75 Å². The van der Waals surface area contributed by atoms with E-state index in [1.807, 2.05) is 24.3 Å². The average Bonchev–Trinajstić information content (AvgIpc) is 2.81. The van der Waals surface area contributed by atoms with Crippen LogP contribution in [0.1, 0.15) is 5.69 Å². The fraction of sp³-hybridized carbons (Fsp3) is 0.125. The minimum Gasteiger partial charge on any atom is -0.497 e. The molecule has 2 aromatic rings. The van der Waals surface area contributed by atoms with Gasteiger partial charge in [0.2, 0.25) is 0 Å². The van der Waals surface area contributed by atoms with E-state index in [0.29, 0.717) is 10.6 Å². The number of hydrogen-bond donors (Lipinski definition) is 1. The van der Waals surface area contributed by atoms with Gasteiger partial charge in [0.25, 0.3) is 5.91 Å². The van der Waals surface area contributed by atoms with Crippen LogP contribution >= 0.6 is 24.0 Å². The Morgan fingerprint density at radius 3 is 2.92 bits per heavy atom. The van der Waals surface area contributed by atoms with Crippen LogP contribution in [0.2, 0.25) is 0 Å². The highest BCUT2D eigenvalue weighted by molar-refractivity contribution is 8.26. The van der Waals surface area contributed by atoms with Crippen LogP contribution in [0, 0.1) is 0 Å². The molecule has 1 amide bonds. The molecule has 0 aliphatic carbocycles. The van der Waals surface area contributed by atoms with E-state index in [9.17, 15) is 9.59 Å². The van der Waals surface area contributed by atoms with Gasteiger partial charge in [-0.05, 0) is 30.3 Å². The molecular formula is C16H12N2O4S2. The lowest BCUT2D eigenvalue weighted by atomic mass is 10.2. The first kappa shape index (κ1) is 16.4. The van der Waals surface area contributed by atoms with Crippen LogP contribution in [0.25, 0.3) is 17.0 Å². The van der Waals surface area contributed by atoms with Gasteiger partial charge in [-0.2, -0.15) is 0 Å². The minimum atomic E-state index is -1.11. The Labute approximate surface area is 147 Å². The van der Waals surface area contributed by atoms with Gasteiger partial charge >= 0.3 is 5.97 Å². The second kappa shape index (κ2) is 6.58. The number of benzene rings is 1. The molecule has 0 saturated carbocycles. The van der Waals surface area contributed by atoms with Crippen molar-refractivity contribution in [2.45, 2.75) is 0 Å². The summed E-state index contributed by atoms with van der Waals surface area (Å²) in [6.07, 6.45) is 1.62. The fourth-order valence-electron chi connectivity index (χ4n) is 2.23. The van der Waals surface area contributed by atoms with E-state index in [1.54, 1.807) is 19.3 Å². The van der Waals surface area contributed by atoms with Crippen LogP contribution < -0.4 is 4.74 Å². The number of nitrogens with zero attached hydrogens (tertiary/aromatic N) is 2. The number of thiocarbonyl (C=S) groups is 1. The van der Waals surface area contributed by atoms with Gasteiger partial charge in [0.05, 0.1) is 23.2 Å². The van der Waals surface area contributed by atoms with Crippen molar-refractivity contribution in [3.05, 3.63) is 40.9 Å². The molecule has 0 atom stereocenters. The molecule has 24 heavy (non-hydrogen) atoms. The number of carboxylic acids is 1. The zero-order valence-corrected chi connectivity index (χ0v) is 14.2. The van der Waals surface area contributed by atoms with E-state index >= 15 is 0 Å². The molecule has 1 N–H and O–H groups in total. The Balaban J connectivity index is 1.91. The number of hydrogen-bond acceptors (Lipinski definition) is 6. The van der Waals surface area contributed by atoms with Crippen molar-refractivity contribution < 1.29 is 19.4 Å². The number of methoxy groups -OCH3 is 1. The standard InChI is InChI=1S/C16H12N2O4S2/c1-22-11-4-5-12-9(6-11)2-3-10(17-12)7-13-15(21)18(8-14(19)20)16(23)24-13/h2-7H,8H2,1H3,(H,19,20)/b13-7-. The fourth-order valence-corrected chi connectivity index (χ4v) is 3.47. The molecule has 6 nitrogen and oxygen atoms in total. The Morgan fingerprint density at radius 2 is 2.21 bits per heavy atom. The number of thioether (sulfide) groups is 1. The lowest BCUT2D eigenvalue weighted by molar-refractivity contribution is -0.140. The third kappa shape index (κ3) is 3.24. The Morgan fingerprint density at radius 1 is 1.42 bits per heavy atom. The first-order valence-electron chi connectivity index (χ1n) is 6.90. The Bertz CT molecular complexity index is 895. The molecule has 1 aliphatic heterocycles. The number of carboxylic acid groups (broad SMARTS) is 1. The third-order valence-corrected chi connectivity index (χ3v) is 4.74. The molecule has 1 fully saturated rings. The highest BCUT2D eigenvalue weighted by Crippen LogP contribution is 2.32. The van der Waals surface area contributed by atoms with E-state index in [0.717, 1.165) is 33.3 Å². The zero-order chi connectivity index (χ0) is 17.3. The summed E-state index contributed by atoms with van der Waals surface area (Å²) >= 11 is 6.14. The number of aromatic nitrogens is 1. The smallest absolute Gasteiger partial charge is 0.323 e. The van der Waals surface area contributed by atoms with Crippen molar-refractivity contribution in [2.75, 3.05) is 13.7 Å². The van der Waals surface area contributed by atoms with Gasteiger partial charge < -0.3 is 9.84 Å². The highest BCUT2D eigenvalue weighted by atomic mass is 32.2. The largest absolute Gasteiger partial charge is 0.497 e. The number of amides is 1. The van der Waals surface area contributed by atoms with Gasteiger partial charge in [0, 0.05) is 5.39 Å². The number of carbonyl (C=O) groups is 2. The normalized spacial score (nSPS) is 16.2. The molecule has 0 bridgehead atoms. The van der Waals surface area contributed by atoms with Crippen LogP contribution in [0.3, 0.4) is 0 Å². The summed E-state index contributed by atoms with van der Waals surface area (Å²) in [6, 6.07) is 9.19. The molecule has 1 aliphatic rings. The maximum atomic E-state index is 12.2. The molecule has 8 heteroatoms. The van der Waals surface area contributed by atoms with Gasteiger partial charge in [0.1, 0.15) is 16.6 Å². The highest BCUT2D eigenvalue weighted by Gasteiger charge is 2.33. The molecule has 1 aromatic carbocycles. The second-order valence-corrected chi connectivity index (χ2v) is 6.63. The van der Waals surface area contributed by atoms with Crippen LogP contribution in [-0.2, 0) is 9.59 Å². The quantitative estimate of drug-likeness (QED) is 0.663. The Hall–Kier alpha value is -2.45. The topological polar surface area (TPSA) is 79.7 Å². The molecule has 0 unspecified atom stereocenters. The number of pyridine rings is 1. The average molecular weight is 360 g/mol. The van der Waals surface area contributed by atoms with Crippen LogP contribution in [-0.4, -0.2) is 44.8 Å². The predicted molar refractivity (Wildman–Crippen MR) is 95.8 cm³/mol. The summed E-state index contributed by atoms with van der Waals surface area (Å²) in [4.78, 5) is 29.0. The molecule has 3 rings (SSSR count). The van der Waals surface area contributed by atoms with Crippen LogP contribution in [0.4, 0.5) is 0 Å². The first-order chi connectivity index (χ1) is 11.5. The van der Waals surface area contributed by atoms with Gasteiger partial charge in [-0.25, -0.2) is 4.98 Å². The van der Waals surface area contributed by atoms with Crippen molar-refractivity contribution >= 4 is 57.2 Å². The molecule has 2 heterocycles. The summed E-state index contributed by atoms with van der Waals surface area (Å²) in [5.74, 6) is -0.777. The number of ether oxygens (including phenoxy) is 1. The maximum Gasteiger partial charge on any atom is 0.323 e. The van der Waals surface area contributed by atoms with E-state index < -0.39 is 18.4 Å².